The molecular formula is C15H18BrNO5. The number of carboxylic acid groups (broad SMARTS) is 1. The zero-order valence-electron chi connectivity index (χ0n) is 12.4. The first-order valence-corrected chi connectivity index (χ1v) is 7.59. The molecular weight excluding hydrogens is 354 g/mol. The van der Waals surface area contributed by atoms with E-state index in [-0.39, 0.29) is 25.5 Å². The third kappa shape index (κ3) is 3.78. The predicted molar refractivity (Wildman–Crippen MR) is 83.1 cm³/mol. The molecule has 0 spiro atoms. The number of fused-ring (bicyclic) bond motifs is 1. The summed E-state index contributed by atoms with van der Waals surface area (Å²) in [6, 6.07) is 5.49. The molecule has 0 saturated heterocycles. The number of ether oxygens (including phenoxy) is 2. The number of benzene rings is 1. The summed E-state index contributed by atoms with van der Waals surface area (Å²) in [7, 11) is 1.47. The number of halogens is 1. The van der Waals surface area contributed by atoms with Crippen molar-refractivity contribution < 1.29 is 24.2 Å². The molecule has 120 valence electrons. The second kappa shape index (κ2) is 6.66. The fraction of sp³-hybridized carbons (Fsp3) is 0.467. The Morgan fingerprint density at radius 3 is 2.91 bits per heavy atom. The van der Waals surface area contributed by atoms with Gasteiger partial charge in [0.25, 0.3) is 0 Å². The van der Waals surface area contributed by atoms with Gasteiger partial charge in [0.15, 0.2) is 0 Å². The molecule has 0 bridgehead atoms. The molecule has 1 amide bonds. The molecule has 1 aliphatic rings. The van der Waals surface area contributed by atoms with Crippen LogP contribution in [0, 0.1) is 0 Å². The van der Waals surface area contributed by atoms with Crippen LogP contribution in [0.1, 0.15) is 24.8 Å². The number of hydrogen-bond acceptors (Lipinski definition) is 4. The second-order valence-electron chi connectivity index (χ2n) is 5.60. The molecule has 0 fully saturated rings. The van der Waals surface area contributed by atoms with Gasteiger partial charge in [-0.15, -0.1) is 0 Å². The molecule has 1 aliphatic heterocycles. The van der Waals surface area contributed by atoms with E-state index >= 15 is 0 Å². The van der Waals surface area contributed by atoms with Crippen molar-refractivity contribution in [3.63, 3.8) is 0 Å². The van der Waals surface area contributed by atoms with Crippen molar-refractivity contribution in [3.05, 3.63) is 28.2 Å². The van der Waals surface area contributed by atoms with Crippen LogP contribution in [0.2, 0.25) is 0 Å². The van der Waals surface area contributed by atoms with Crippen LogP contribution in [-0.4, -0.2) is 42.8 Å². The minimum atomic E-state index is -0.995. The zero-order valence-corrected chi connectivity index (χ0v) is 14.0. The Morgan fingerprint density at radius 2 is 2.27 bits per heavy atom. The van der Waals surface area contributed by atoms with Crippen LogP contribution >= 0.6 is 15.9 Å². The summed E-state index contributed by atoms with van der Waals surface area (Å²) in [6.45, 7) is 2.01. The Morgan fingerprint density at radius 1 is 1.55 bits per heavy atom. The summed E-state index contributed by atoms with van der Waals surface area (Å²) in [5, 5.41) is 11.8. The first-order valence-electron chi connectivity index (χ1n) is 6.79. The van der Waals surface area contributed by atoms with Crippen LogP contribution in [0.5, 0.6) is 5.75 Å². The monoisotopic (exact) mass is 371 g/mol. The maximum Gasteiger partial charge on any atom is 0.305 e. The van der Waals surface area contributed by atoms with Gasteiger partial charge >= 0.3 is 5.97 Å². The van der Waals surface area contributed by atoms with E-state index in [9.17, 15) is 9.59 Å². The highest BCUT2D eigenvalue weighted by Crippen LogP contribution is 2.36. The Kier molecular flexibility index (Phi) is 5.08. The number of aliphatic carboxylic acids is 1. The molecule has 1 aromatic rings. The summed E-state index contributed by atoms with van der Waals surface area (Å²) in [6.07, 6.45) is -0.217. The lowest BCUT2D eigenvalue weighted by molar-refractivity contribution is -0.139. The molecule has 0 aliphatic carbocycles. The molecule has 2 unspecified atom stereocenters. The van der Waals surface area contributed by atoms with E-state index in [1.165, 1.54) is 7.11 Å². The third-order valence-corrected chi connectivity index (χ3v) is 3.99. The Labute approximate surface area is 136 Å². The van der Waals surface area contributed by atoms with Crippen LogP contribution in [0.4, 0.5) is 0 Å². The number of rotatable bonds is 6. The van der Waals surface area contributed by atoms with Crippen LogP contribution in [0.3, 0.4) is 0 Å². The Balaban J connectivity index is 2.16. The number of carboxylic acids is 1. The van der Waals surface area contributed by atoms with Gasteiger partial charge in [-0.05, 0) is 25.1 Å². The normalized spacial score (nSPS) is 19.0. The average molecular weight is 372 g/mol. The van der Waals surface area contributed by atoms with E-state index in [1.54, 1.807) is 13.0 Å². The van der Waals surface area contributed by atoms with Gasteiger partial charge in [0, 0.05) is 17.1 Å². The standard InChI is InChI=1S/C15H18BrNO5/c1-15(8-21-2,6-13(18)19)17-14(20)11-7-22-12-4-3-9(16)5-10(11)12/h3-5,11H,6-8H2,1-2H3,(H,17,20)(H,18,19). The topological polar surface area (TPSA) is 84.9 Å². The summed E-state index contributed by atoms with van der Waals surface area (Å²) in [5.74, 6) is -1.05. The number of nitrogens with one attached hydrogen (secondary N) is 1. The molecule has 7 heteroatoms. The van der Waals surface area contributed by atoms with Gasteiger partial charge in [0.05, 0.1) is 18.6 Å². The predicted octanol–water partition coefficient (Wildman–Crippen LogP) is 1.92. The highest BCUT2D eigenvalue weighted by atomic mass is 79.9. The van der Waals surface area contributed by atoms with E-state index in [2.05, 4.69) is 21.2 Å². The molecule has 2 N–H and O–H groups in total. The summed E-state index contributed by atoms with van der Waals surface area (Å²) < 4.78 is 11.4. The van der Waals surface area contributed by atoms with Gasteiger partial charge in [-0.3, -0.25) is 9.59 Å². The summed E-state index contributed by atoms with van der Waals surface area (Å²) in [4.78, 5) is 23.5. The lowest BCUT2D eigenvalue weighted by Gasteiger charge is -2.29. The zero-order chi connectivity index (χ0) is 16.3. The maximum absolute atomic E-state index is 12.5. The lowest BCUT2D eigenvalue weighted by Crippen LogP contribution is -2.52. The molecule has 2 atom stereocenters. The molecule has 22 heavy (non-hydrogen) atoms. The molecule has 0 saturated carbocycles. The Hall–Kier alpha value is -1.60. The van der Waals surface area contributed by atoms with E-state index < -0.39 is 17.4 Å². The van der Waals surface area contributed by atoms with Crippen LogP contribution in [-0.2, 0) is 14.3 Å². The van der Waals surface area contributed by atoms with Gasteiger partial charge in [0.1, 0.15) is 18.3 Å². The number of carbonyl (C=O) groups is 2. The number of hydrogen-bond donors (Lipinski definition) is 2. The van der Waals surface area contributed by atoms with E-state index in [0.717, 1.165) is 10.0 Å². The van der Waals surface area contributed by atoms with Crippen molar-refractivity contribution in [3.8, 4) is 5.75 Å². The molecule has 0 aromatic heterocycles. The SMILES string of the molecule is COCC(C)(CC(=O)O)NC(=O)C1COc2ccc(Br)cc21. The van der Waals surface area contributed by atoms with E-state index in [0.29, 0.717) is 5.75 Å². The lowest BCUT2D eigenvalue weighted by atomic mass is 9.95. The fourth-order valence-corrected chi connectivity index (χ4v) is 2.95. The van der Waals surface area contributed by atoms with Crippen molar-refractivity contribution in [2.45, 2.75) is 24.8 Å². The van der Waals surface area contributed by atoms with Crippen molar-refractivity contribution in [1.29, 1.82) is 0 Å². The third-order valence-electron chi connectivity index (χ3n) is 3.50. The van der Waals surface area contributed by atoms with Crippen molar-refractivity contribution in [1.82, 2.24) is 5.32 Å². The smallest absolute Gasteiger partial charge is 0.305 e. The van der Waals surface area contributed by atoms with Crippen molar-refractivity contribution in [2.75, 3.05) is 20.3 Å². The quantitative estimate of drug-likeness (QED) is 0.797. The van der Waals surface area contributed by atoms with Crippen LogP contribution < -0.4 is 10.1 Å². The minimum absolute atomic E-state index is 0.115. The molecule has 1 aromatic carbocycles. The first kappa shape index (κ1) is 16.8. The van der Waals surface area contributed by atoms with Crippen molar-refractivity contribution in [2.24, 2.45) is 0 Å². The number of amides is 1. The minimum Gasteiger partial charge on any atom is -0.492 e. The largest absolute Gasteiger partial charge is 0.492 e. The summed E-state index contributed by atoms with van der Waals surface area (Å²) >= 11 is 3.38. The maximum atomic E-state index is 12.5. The molecule has 0 radical (unpaired) electrons. The molecule has 2 rings (SSSR count). The van der Waals surface area contributed by atoms with Gasteiger partial charge in [-0.2, -0.15) is 0 Å². The van der Waals surface area contributed by atoms with E-state index in [4.69, 9.17) is 14.6 Å². The van der Waals surface area contributed by atoms with Crippen LogP contribution in [0.15, 0.2) is 22.7 Å². The average Bonchev–Trinajstić information content (AvgIpc) is 2.80. The van der Waals surface area contributed by atoms with Gasteiger partial charge in [0.2, 0.25) is 5.91 Å². The fourth-order valence-electron chi connectivity index (χ4n) is 2.57. The van der Waals surface area contributed by atoms with Gasteiger partial charge in [-0.25, -0.2) is 0 Å². The Bertz CT molecular complexity index is 591. The van der Waals surface area contributed by atoms with Gasteiger partial charge < -0.3 is 19.9 Å². The van der Waals surface area contributed by atoms with Crippen LogP contribution in [0.25, 0.3) is 0 Å². The highest BCUT2D eigenvalue weighted by molar-refractivity contribution is 9.10. The molecule has 1 heterocycles. The number of carbonyl (C=O) groups excluding carboxylic acids is 1. The highest BCUT2D eigenvalue weighted by Gasteiger charge is 2.36. The first-order chi connectivity index (χ1) is 10.3. The molecule has 6 nitrogen and oxygen atoms in total. The van der Waals surface area contributed by atoms with Gasteiger partial charge in [-0.1, -0.05) is 15.9 Å². The number of methoxy groups -OCH3 is 1. The van der Waals surface area contributed by atoms with Crippen molar-refractivity contribution >= 4 is 27.8 Å². The van der Waals surface area contributed by atoms with E-state index in [1.807, 2.05) is 12.1 Å². The summed E-state index contributed by atoms with van der Waals surface area (Å²) in [5.41, 5.74) is -0.172. The second-order valence-corrected chi connectivity index (χ2v) is 6.51.